The molecule has 0 bridgehead atoms. The lowest BCUT2D eigenvalue weighted by molar-refractivity contribution is 0.194. The molecule has 1 saturated heterocycles. The summed E-state index contributed by atoms with van der Waals surface area (Å²) in [6, 6.07) is 14.9. The number of rotatable bonds is 4. The number of amides is 2. The van der Waals surface area contributed by atoms with Crippen molar-refractivity contribution in [3.8, 4) is 0 Å². The van der Waals surface area contributed by atoms with Crippen LogP contribution in [0.4, 0.5) is 14.9 Å². The number of hydrogen-bond donors (Lipinski definition) is 1. The number of anilines is 1. The van der Waals surface area contributed by atoms with Crippen molar-refractivity contribution in [2.24, 2.45) is 0 Å². The van der Waals surface area contributed by atoms with Gasteiger partial charge in [0.1, 0.15) is 5.82 Å². The van der Waals surface area contributed by atoms with Gasteiger partial charge in [-0.1, -0.05) is 50.2 Å². The predicted molar refractivity (Wildman–Crippen MR) is 103 cm³/mol. The Kier molecular flexibility index (Phi) is 5.76. The number of carbonyl (C=O) groups excluding carboxylic acids is 1. The molecule has 1 aliphatic rings. The SMILES string of the molecule is CC(C)c1ccccc1N1CCN(C(=O)NCc2ccccc2F)CC1. The number of urea groups is 1. The van der Waals surface area contributed by atoms with E-state index in [4.69, 9.17) is 0 Å². The smallest absolute Gasteiger partial charge is 0.317 e. The van der Waals surface area contributed by atoms with E-state index in [-0.39, 0.29) is 18.4 Å². The highest BCUT2D eigenvalue weighted by Gasteiger charge is 2.23. The van der Waals surface area contributed by atoms with Gasteiger partial charge in [0.15, 0.2) is 0 Å². The largest absolute Gasteiger partial charge is 0.368 e. The van der Waals surface area contributed by atoms with E-state index in [1.165, 1.54) is 17.3 Å². The fraction of sp³-hybridized carbons (Fsp3) is 0.381. The van der Waals surface area contributed by atoms with Gasteiger partial charge in [-0.15, -0.1) is 0 Å². The number of nitrogens with zero attached hydrogens (tertiary/aromatic N) is 2. The Balaban J connectivity index is 1.55. The Bertz CT molecular complexity index is 754. The highest BCUT2D eigenvalue weighted by Crippen LogP contribution is 2.28. The Morgan fingerprint density at radius 1 is 1.04 bits per heavy atom. The molecule has 26 heavy (non-hydrogen) atoms. The van der Waals surface area contributed by atoms with Crippen LogP contribution in [0.5, 0.6) is 0 Å². The highest BCUT2D eigenvalue weighted by atomic mass is 19.1. The maximum Gasteiger partial charge on any atom is 0.317 e. The summed E-state index contributed by atoms with van der Waals surface area (Å²) in [7, 11) is 0. The first-order valence-corrected chi connectivity index (χ1v) is 9.16. The molecule has 1 fully saturated rings. The molecule has 3 rings (SSSR count). The van der Waals surface area contributed by atoms with E-state index in [0.29, 0.717) is 24.6 Å². The molecule has 0 atom stereocenters. The molecule has 0 unspecified atom stereocenters. The van der Waals surface area contributed by atoms with Crippen LogP contribution in [0, 0.1) is 5.82 Å². The highest BCUT2D eigenvalue weighted by molar-refractivity contribution is 5.74. The van der Waals surface area contributed by atoms with Crippen LogP contribution >= 0.6 is 0 Å². The monoisotopic (exact) mass is 355 g/mol. The number of hydrogen-bond acceptors (Lipinski definition) is 2. The summed E-state index contributed by atoms with van der Waals surface area (Å²) in [6.45, 7) is 7.54. The van der Waals surface area contributed by atoms with Gasteiger partial charge in [0.2, 0.25) is 0 Å². The summed E-state index contributed by atoms with van der Waals surface area (Å²) < 4.78 is 13.7. The molecular weight excluding hydrogens is 329 g/mol. The maximum absolute atomic E-state index is 13.7. The van der Waals surface area contributed by atoms with Gasteiger partial charge in [-0.3, -0.25) is 0 Å². The molecule has 2 aromatic rings. The van der Waals surface area contributed by atoms with Crippen molar-refractivity contribution in [1.82, 2.24) is 10.2 Å². The van der Waals surface area contributed by atoms with Crippen molar-refractivity contribution in [3.05, 3.63) is 65.5 Å². The van der Waals surface area contributed by atoms with Gasteiger partial charge in [0.25, 0.3) is 0 Å². The standard InChI is InChI=1S/C21H26FN3O/c1-16(2)18-8-4-6-10-20(18)24-11-13-25(14-12-24)21(26)23-15-17-7-3-5-9-19(17)22/h3-10,16H,11-15H2,1-2H3,(H,23,26). The second-order valence-electron chi connectivity index (χ2n) is 6.94. The molecule has 2 amide bonds. The third kappa shape index (κ3) is 4.15. The van der Waals surface area contributed by atoms with Crippen molar-refractivity contribution in [2.45, 2.75) is 26.3 Å². The zero-order chi connectivity index (χ0) is 18.5. The third-order valence-corrected chi connectivity index (χ3v) is 4.85. The minimum Gasteiger partial charge on any atom is -0.368 e. The normalized spacial score (nSPS) is 14.6. The number of halogens is 1. The van der Waals surface area contributed by atoms with Crippen LogP contribution in [0.2, 0.25) is 0 Å². The maximum atomic E-state index is 13.7. The van der Waals surface area contributed by atoms with Gasteiger partial charge < -0.3 is 15.1 Å². The fourth-order valence-corrected chi connectivity index (χ4v) is 3.34. The Hall–Kier alpha value is -2.56. The van der Waals surface area contributed by atoms with Crippen LogP contribution in [0.25, 0.3) is 0 Å². The van der Waals surface area contributed by atoms with Crippen LogP contribution in [-0.4, -0.2) is 37.1 Å². The zero-order valence-electron chi connectivity index (χ0n) is 15.4. The van der Waals surface area contributed by atoms with E-state index in [9.17, 15) is 9.18 Å². The summed E-state index contributed by atoms with van der Waals surface area (Å²) in [6.07, 6.45) is 0. The quantitative estimate of drug-likeness (QED) is 0.900. The zero-order valence-corrected chi connectivity index (χ0v) is 15.4. The van der Waals surface area contributed by atoms with E-state index in [2.05, 4.69) is 48.3 Å². The fourth-order valence-electron chi connectivity index (χ4n) is 3.34. The molecule has 2 aromatic carbocycles. The van der Waals surface area contributed by atoms with Crippen LogP contribution in [0.1, 0.15) is 30.9 Å². The molecule has 1 aliphatic heterocycles. The molecule has 138 valence electrons. The summed E-state index contributed by atoms with van der Waals surface area (Å²) in [5.74, 6) is 0.177. The van der Waals surface area contributed by atoms with E-state index in [0.717, 1.165) is 13.1 Å². The second kappa shape index (κ2) is 8.21. The number of nitrogens with one attached hydrogen (secondary N) is 1. The lowest BCUT2D eigenvalue weighted by Gasteiger charge is -2.37. The van der Waals surface area contributed by atoms with Crippen LogP contribution in [-0.2, 0) is 6.54 Å². The van der Waals surface area contributed by atoms with E-state index >= 15 is 0 Å². The van der Waals surface area contributed by atoms with Crippen molar-refractivity contribution >= 4 is 11.7 Å². The van der Waals surface area contributed by atoms with Crippen molar-refractivity contribution in [1.29, 1.82) is 0 Å². The molecule has 1 N–H and O–H groups in total. The Morgan fingerprint density at radius 2 is 1.69 bits per heavy atom. The Morgan fingerprint density at radius 3 is 2.38 bits per heavy atom. The third-order valence-electron chi connectivity index (χ3n) is 4.85. The lowest BCUT2D eigenvalue weighted by atomic mass is 10.00. The first-order valence-electron chi connectivity index (χ1n) is 9.16. The van der Waals surface area contributed by atoms with E-state index in [1.54, 1.807) is 23.1 Å². The minimum atomic E-state index is -0.289. The molecule has 0 saturated carbocycles. The molecule has 0 radical (unpaired) electrons. The summed E-state index contributed by atoms with van der Waals surface area (Å²) >= 11 is 0. The van der Waals surface area contributed by atoms with Crippen molar-refractivity contribution in [3.63, 3.8) is 0 Å². The first-order chi connectivity index (χ1) is 12.6. The summed E-state index contributed by atoms with van der Waals surface area (Å²) in [5, 5.41) is 2.82. The summed E-state index contributed by atoms with van der Waals surface area (Å²) in [4.78, 5) is 16.5. The molecular formula is C21H26FN3O. The molecule has 0 spiro atoms. The van der Waals surface area contributed by atoms with Crippen molar-refractivity contribution < 1.29 is 9.18 Å². The second-order valence-corrected chi connectivity index (χ2v) is 6.94. The van der Waals surface area contributed by atoms with Crippen LogP contribution in [0.3, 0.4) is 0 Å². The topological polar surface area (TPSA) is 35.6 Å². The summed E-state index contributed by atoms with van der Waals surface area (Å²) in [5.41, 5.74) is 3.10. The van der Waals surface area contributed by atoms with Gasteiger partial charge in [0.05, 0.1) is 0 Å². The first kappa shape index (κ1) is 18.2. The average molecular weight is 355 g/mol. The minimum absolute atomic E-state index is 0.134. The predicted octanol–water partition coefficient (Wildman–Crippen LogP) is 3.98. The number of carbonyl (C=O) groups is 1. The lowest BCUT2D eigenvalue weighted by Crippen LogP contribution is -2.52. The molecule has 4 nitrogen and oxygen atoms in total. The Labute approximate surface area is 154 Å². The van der Waals surface area contributed by atoms with Gasteiger partial charge >= 0.3 is 6.03 Å². The molecule has 0 aromatic heterocycles. The molecule has 1 heterocycles. The van der Waals surface area contributed by atoms with Crippen molar-refractivity contribution in [2.75, 3.05) is 31.1 Å². The van der Waals surface area contributed by atoms with Gasteiger partial charge in [-0.25, -0.2) is 9.18 Å². The number of benzene rings is 2. The molecule has 5 heteroatoms. The molecule has 0 aliphatic carbocycles. The average Bonchev–Trinajstić information content (AvgIpc) is 2.67. The number of para-hydroxylation sites is 1. The van der Waals surface area contributed by atoms with Gasteiger partial charge in [-0.2, -0.15) is 0 Å². The van der Waals surface area contributed by atoms with Crippen LogP contribution < -0.4 is 10.2 Å². The van der Waals surface area contributed by atoms with E-state index in [1.807, 2.05) is 0 Å². The number of piperazine rings is 1. The van der Waals surface area contributed by atoms with Gasteiger partial charge in [-0.05, 0) is 23.6 Å². The van der Waals surface area contributed by atoms with E-state index < -0.39 is 0 Å². The van der Waals surface area contributed by atoms with Crippen LogP contribution in [0.15, 0.2) is 48.5 Å². The van der Waals surface area contributed by atoms with Gasteiger partial charge in [0, 0.05) is 44.0 Å².